The highest BCUT2D eigenvalue weighted by Gasteiger charge is 2.31. The molecule has 1 aromatic rings. The molecule has 1 fully saturated rings. The number of aryl methyl sites for hydroxylation is 1. The van der Waals surface area contributed by atoms with E-state index in [2.05, 4.69) is 4.98 Å². The lowest BCUT2D eigenvalue weighted by Gasteiger charge is -2.36. The van der Waals surface area contributed by atoms with Gasteiger partial charge in [-0.3, -0.25) is 14.9 Å². The van der Waals surface area contributed by atoms with Crippen LogP contribution in [-0.2, 0) is 4.79 Å². The van der Waals surface area contributed by atoms with Gasteiger partial charge in [0.05, 0.1) is 10.8 Å². The highest BCUT2D eigenvalue weighted by Crippen LogP contribution is 2.28. The van der Waals surface area contributed by atoms with Crippen molar-refractivity contribution in [3.63, 3.8) is 0 Å². The summed E-state index contributed by atoms with van der Waals surface area (Å²) in [5.41, 5.74) is 0.642. The van der Waals surface area contributed by atoms with Gasteiger partial charge in [0.25, 0.3) is 5.69 Å². The van der Waals surface area contributed by atoms with Crippen molar-refractivity contribution in [2.24, 2.45) is 11.8 Å². The van der Waals surface area contributed by atoms with Gasteiger partial charge in [0.1, 0.15) is 12.0 Å². The Hall–Kier alpha value is -2.18. The van der Waals surface area contributed by atoms with E-state index in [0.29, 0.717) is 24.3 Å². The molecule has 7 nitrogen and oxygen atoms in total. The summed E-state index contributed by atoms with van der Waals surface area (Å²) in [6.45, 7) is 4.87. The predicted molar refractivity (Wildman–Crippen MR) is 72.7 cm³/mol. The number of rotatable bonds is 3. The third-order valence-corrected chi connectivity index (χ3v) is 3.56. The van der Waals surface area contributed by atoms with Crippen molar-refractivity contribution in [2.45, 2.75) is 20.3 Å². The number of pyridine rings is 1. The van der Waals surface area contributed by atoms with Crippen molar-refractivity contribution in [1.82, 2.24) is 4.98 Å². The van der Waals surface area contributed by atoms with Crippen LogP contribution in [0.25, 0.3) is 0 Å². The zero-order chi connectivity index (χ0) is 14.9. The fraction of sp³-hybridized carbons (Fsp3) is 0.538. The monoisotopic (exact) mass is 279 g/mol. The van der Waals surface area contributed by atoms with E-state index in [4.69, 9.17) is 0 Å². The third kappa shape index (κ3) is 2.87. The van der Waals surface area contributed by atoms with Crippen LogP contribution in [0.5, 0.6) is 0 Å². The number of nitro groups is 1. The van der Waals surface area contributed by atoms with Gasteiger partial charge in [-0.1, -0.05) is 6.92 Å². The first kappa shape index (κ1) is 14.2. The number of hydrogen-bond acceptors (Lipinski definition) is 5. The molecule has 1 aliphatic heterocycles. The summed E-state index contributed by atoms with van der Waals surface area (Å²) in [4.78, 5) is 27.4. The van der Waals surface area contributed by atoms with Gasteiger partial charge in [0, 0.05) is 19.2 Å². The number of carboxylic acids is 1. The minimum Gasteiger partial charge on any atom is -0.481 e. The molecular weight excluding hydrogens is 262 g/mol. The maximum atomic E-state index is 11.2. The standard InChI is InChI=1S/C13H17N3O4/c1-8-3-10(13(17)18)7-15(6-8)12-9(2)4-11(5-14-12)16(19)20/h4-5,8,10H,3,6-7H2,1-2H3,(H,17,18). The molecule has 0 saturated carbocycles. The second-order valence-corrected chi connectivity index (χ2v) is 5.37. The highest BCUT2D eigenvalue weighted by molar-refractivity contribution is 5.71. The lowest BCUT2D eigenvalue weighted by molar-refractivity contribution is -0.385. The van der Waals surface area contributed by atoms with Gasteiger partial charge in [-0.15, -0.1) is 0 Å². The average Bonchev–Trinajstić information content (AvgIpc) is 2.37. The second kappa shape index (κ2) is 5.44. The van der Waals surface area contributed by atoms with Gasteiger partial charge < -0.3 is 10.0 Å². The van der Waals surface area contributed by atoms with Crippen LogP contribution in [0.2, 0.25) is 0 Å². The maximum absolute atomic E-state index is 11.2. The first-order valence-corrected chi connectivity index (χ1v) is 6.47. The maximum Gasteiger partial charge on any atom is 0.308 e. The van der Waals surface area contributed by atoms with Gasteiger partial charge in [0.2, 0.25) is 0 Å². The van der Waals surface area contributed by atoms with Crippen molar-refractivity contribution in [2.75, 3.05) is 18.0 Å². The van der Waals surface area contributed by atoms with Crippen molar-refractivity contribution in [3.05, 3.63) is 27.9 Å². The number of anilines is 1. The number of aromatic nitrogens is 1. The zero-order valence-corrected chi connectivity index (χ0v) is 11.4. The molecule has 1 N–H and O–H groups in total. The number of aliphatic carboxylic acids is 1. The summed E-state index contributed by atoms with van der Waals surface area (Å²) in [6.07, 6.45) is 1.87. The van der Waals surface area contributed by atoms with Crippen LogP contribution < -0.4 is 4.90 Å². The molecule has 0 radical (unpaired) electrons. The Bertz CT molecular complexity index is 546. The topological polar surface area (TPSA) is 96.6 Å². The molecule has 2 unspecified atom stereocenters. The van der Waals surface area contributed by atoms with E-state index in [9.17, 15) is 20.0 Å². The molecule has 1 saturated heterocycles. The largest absolute Gasteiger partial charge is 0.481 e. The second-order valence-electron chi connectivity index (χ2n) is 5.37. The van der Waals surface area contributed by atoms with Crippen LogP contribution in [0, 0.1) is 28.9 Å². The van der Waals surface area contributed by atoms with E-state index in [1.54, 1.807) is 6.92 Å². The van der Waals surface area contributed by atoms with Gasteiger partial charge in [-0.2, -0.15) is 0 Å². The molecule has 0 aliphatic carbocycles. The van der Waals surface area contributed by atoms with E-state index in [0.717, 1.165) is 6.54 Å². The molecule has 2 heterocycles. The summed E-state index contributed by atoms with van der Waals surface area (Å²) in [6, 6.07) is 1.47. The Morgan fingerprint density at radius 3 is 2.80 bits per heavy atom. The zero-order valence-electron chi connectivity index (χ0n) is 11.4. The quantitative estimate of drug-likeness (QED) is 0.670. The van der Waals surface area contributed by atoms with Crippen LogP contribution in [0.15, 0.2) is 12.3 Å². The molecule has 0 spiro atoms. The number of nitrogens with zero attached hydrogens (tertiary/aromatic N) is 3. The minimum absolute atomic E-state index is 0.0499. The van der Waals surface area contributed by atoms with Crippen molar-refractivity contribution < 1.29 is 14.8 Å². The van der Waals surface area contributed by atoms with E-state index in [1.165, 1.54) is 12.3 Å². The first-order valence-electron chi connectivity index (χ1n) is 6.47. The van der Waals surface area contributed by atoms with Crippen LogP contribution in [-0.4, -0.2) is 34.1 Å². The average molecular weight is 279 g/mol. The SMILES string of the molecule is Cc1cc([N+](=O)[O-])cnc1N1CC(C)CC(C(=O)O)C1. The molecular formula is C13H17N3O4. The molecule has 1 aromatic heterocycles. The van der Waals surface area contributed by atoms with Gasteiger partial charge in [-0.25, -0.2) is 4.98 Å². The van der Waals surface area contributed by atoms with Gasteiger partial charge in [0.15, 0.2) is 0 Å². The van der Waals surface area contributed by atoms with E-state index in [-0.39, 0.29) is 11.6 Å². The summed E-state index contributed by atoms with van der Waals surface area (Å²) >= 11 is 0. The van der Waals surface area contributed by atoms with Crippen molar-refractivity contribution in [3.8, 4) is 0 Å². The van der Waals surface area contributed by atoms with E-state index >= 15 is 0 Å². The molecule has 2 atom stereocenters. The Morgan fingerprint density at radius 1 is 1.55 bits per heavy atom. The fourth-order valence-corrected chi connectivity index (χ4v) is 2.69. The van der Waals surface area contributed by atoms with Crippen molar-refractivity contribution >= 4 is 17.5 Å². The summed E-state index contributed by atoms with van der Waals surface area (Å²) < 4.78 is 0. The smallest absolute Gasteiger partial charge is 0.308 e. The molecule has 0 amide bonds. The highest BCUT2D eigenvalue weighted by atomic mass is 16.6. The number of hydrogen-bond donors (Lipinski definition) is 1. The Morgan fingerprint density at radius 2 is 2.25 bits per heavy atom. The van der Waals surface area contributed by atoms with E-state index in [1.807, 2.05) is 11.8 Å². The normalized spacial score (nSPS) is 22.6. The number of piperidine rings is 1. The molecule has 108 valence electrons. The predicted octanol–water partition coefficient (Wildman–Crippen LogP) is 1.85. The number of carboxylic acid groups (broad SMARTS) is 1. The van der Waals surface area contributed by atoms with Crippen molar-refractivity contribution in [1.29, 1.82) is 0 Å². The lowest BCUT2D eigenvalue weighted by Crippen LogP contribution is -2.43. The van der Waals surface area contributed by atoms with E-state index < -0.39 is 16.8 Å². The minimum atomic E-state index is -0.805. The Balaban J connectivity index is 2.26. The third-order valence-electron chi connectivity index (χ3n) is 3.56. The Kier molecular flexibility index (Phi) is 3.87. The lowest BCUT2D eigenvalue weighted by atomic mass is 9.90. The fourth-order valence-electron chi connectivity index (χ4n) is 2.69. The summed E-state index contributed by atoms with van der Waals surface area (Å²) in [5.74, 6) is -0.342. The van der Waals surface area contributed by atoms with Crippen LogP contribution in [0.3, 0.4) is 0 Å². The van der Waals surface area contributed by atoms with Crippen LogP contribution in [0.1, 0.15) is 18.9 Å². The molecule has 7 heteroatoms. The first-order chi connectivity index (χ1) is 9.38. The Labute approximate surface area is 116 Å². The van der Waals surface area contributed by atoms with Crippen LogP contribution >= 0.6 is 0 Å². The molecule has 1 aliphatic rings. The van der Waals surface area contributed by atoms with Gasteiger partial charge >= 0.3 is 5.97 Å². The molecule has 20 heavy (non-hydrogen) atoms. The molecule has 0 aromatic carbocycles. The molecule has 0 bridgehead atoms. The molecule has 2 rings (SSSR count). The summed E-state index contributed by atoms with van der Waals surface area (Å²) in [7, 11) is 0. The van der Waals surface area contributed by atoms with Crippen LogP contribution in [0.4, 0.5) is 11.5 Å². The van der Waals surface area contributed by atoms with Gasteiger partial charge in [-0.05, 0) is 24.8 Å². The number of carbonyl (C=O) groups is 1. The summed E-state index contributed by atoms with van der Waals surface area (Å²) in [5, 5.41) is 19.9.